The molecule has 0 aliphatic carbocycles. The molecule has 240 valence electrons. The number of nitrogens with one attached hydrogen (secondary N) is 1. The Morgan fingerprint density at radius 3 is 2.58 bits per heavy atom. The van der Waals surface area contributed by atoms with Gasteiger partial charge in [-0.15, -0.1) is 17.9 Å². The van der Waals surface area contributed by atoms with E-state index in [9.17, 15) is 26.4 Å². The van der Waals surface area contributed by atoms with E-state index in [-0.39, 0.29) is 48.7 Å². The van der Waals surface area contributed by atoms with Crippen molar-refractivity contribution in [3.8, 4) is 0 Å². The standard InChI is InChI=1S/C31H33ClF3N5O3S2/c1-3-21(31(41)38-11-13-39(14-12-38)45(2,42)43)19-16-25-28(24(36)6-4-8-27(34)35)29(22-10-9-20(33)17-23(22)32)37-30(40(25)18-19)26-7-5-15-44-26/h3-7,9-10,15,17,19,21,27,29,36H,1,8,11-14,16,18H2,2H3/b6-4-,36-24?/t19-,21?,29-/m0/s1. The van der Waals surface area contributed by atoms with Gasteiger partial charge in [-0.1, -0.05) is 35.9 Å². The van der Waals surface area contributed by atoms with Crippen LogP contribution in [0.4, 0.5) is 13.2 Å². The highest BCUT2D eigenvalue weighted by Gasteiger charge is 2.44. The molecule has 1 aromatic carbocycles. The summed E-state index contributed by atoms with van der Waals surface area (Å²) in [5.41, 5.74) is 1.57. The largest absolute Gasteiger partial charge is 0.340 e. The lowest BCUT2D eigenvalue weighted by molar-refractivity contribution is -0.136. The van der Waals surface area contributed by atoms with E-state index in [1.807, 2.05) is 22.4 Å². The molecule has 45 heavy (non-hydrogen) atoms. The molecular formula is C31H33ClF3N5O3S2. The van der Waals surface area contributed by atoms with Crippen LogP contribution in [0.5, 0.6) is 0 Å². The Bertz CT molecular complexity index is 1670. The number of amides is 1. The average molecular weight is 680 g/mol. The number of allylic oxidation sites excluding steroid dienone is 3. The molecule has 0 bridgehead atoms. The molecule has 2 saturated heterocycles. The number of aliphatic imine (C=N–C) groups is 1. The van der Waals surface area contributed by atoms with Crippen molar-refractivity contribution in [2.24, 2.45) is 16.8 Å². The maximum Gasteiger partial charge on any atom is 0.242 e. The number of sulfonamides is 1. The molecule has 1 unspecified atom stereocenters. The lowest BCUT2D eigenvalue weighted by Gasteiger charge is -2.35. The van der Waals surface area contributed by atoms with Gasteiger partial charge in [0.25, 0.3) is 0 Å². The third kappa shape index (κ3) is 7.11. The molecule has 5 rings (SSSR count). The van der Waals surface area contributed by atoms with Crippen LogP contribution in [0.25, 0.3) is 0 Å². The second-order valence-electron chi connectivity index (χ2n) is 11.1. The molecule has 2 fully saturated rings. The van der Waals surface area contributed by atoms with Crippen LogP contribution in [-0.4, -0.2) is 85.4 Å². The average Bonchev–Trinajstić information content (AvgIpc) is 3.67. The zero-order chi connectivity index (χ0) is 32.5. The Kier molecular flexibility index (Phi) is 10.0. The van der Waals surface area contributed by atoms with Crippen LogP contribution in [0.2, 0.25) is 5.02 Å². The molecule has 1 aromatic heterocycles. The number of benzene rings is 1. The normalized spacial score (nSPS) is 21.8. The monoisotopic (exact) mass is 679 g/mol. The van der Waals surface area contributed by atoms with Gasteiger partial charge < -0.3 is 15.2 Å². The van der Waals surface area contributed by atoms with Crippen molar-refractivity contribution >= 4 is 50.4 Å². The van der Waals surface area contributed by atoms with E-state index in [0.29, 0.717) is 35.6 Å². The van der Waals surface area contributed by atoms with Crippen LogP contribution in [0.15, 0.2) is 76.8 Å². The number of carbonyl (C=O) groups excluding carboxylic acids is 1. The van der Waals surface area contributed by atoms with E-state index < -0.39 is 40.6 Å². The summed E-state index contributed by atoms with van der Waals surface area (Å²) in [4.78, 5) is 23.3. The van der Waals surface area contributed by atoms with Crippen LogP contribution >= 0.6 is 22.9 Å². The number of hydrogen-bond acceptors (Lipinski definition) is 7. The Labute approximate surface area is 269 Å². The van der Waals surface area contributed by atoms with Crippen molar-refractivity contribution in [2.75, 3.05) is 39.0 Å². The molecule has 0 saturated carbocycles. The highest BCUT2D eigenvalue weighted by molar-refractivity contribution is 7.88. The molecule has 1 amide bonds. The van der Waals surface area contributed by atoms with Crippen molar-refractivity contribution in [2.45, 2.75) is 25.3 Å². The van der Waals surface area contributed by atoms with Crippen LogP contribution in [0, 0.1) is 23.1 Å². The fourth-order valence-corrected chi connectivity index (χ4v) is 7.90. The molecule has 0 spiro atoms. The van der Waals surface area contributed by atoms with Gasteiger partial charge in [0.05, 0.1) is 22.8 Å². The first-order valence-corrected chi connectivity index (χ1v) is 17.5. The van der Waals surface area contributed by atoms with Crippen molar-refractivity contribution in [1.82, 2.24) is 14.1 Å². The molecule has 8 nitrogen and oxygen atoms in total. The lowest BCUT2D eigenvalue weighted by atomic mass is 9.86. The Morgan fingerprint density at radius 2 is 1.98 bits per heavy atom. The summed E-state index contributed by atoms with van der Waals surface area (Å²) in [5.74, 6) is -0.980. The quantitative estimate of drug-likeness (QED) is 0.255. The molecule has 3 aliphatic heterocycles. The van der Waals surface area contributed by atoms with E-state index in [2.05, 4.69) is 6.58 Å². The van der Waals surface area contributed by atoms with Gasteiger partial charge in [-0.2, -0.15) is 4.31 Å². The van der Waals surface area contributed by atoms with E-state index in [1.54, 1.807) is 11.0 Å². The molecule has 3 atom stereocenters. The number of halogens is 4. The zero-order valence-electron chi connectivity index (χ0n) is 24.5. The maximum atomic E-state index is 14.1. The number of amidine groups is 1. The Balaban J connectivity index is 1.54. The van der Waals surface area contributed by atoms with Gasteiger partial charge in [0.2, 0.25) is 22.4 Å². The molecular weight excluding hydrogens is 647 g/mol. The van der Waals surface area contributed by atoms with Gasteiger partial charge in [-0.3, -0.25) is 9.79 Å². The molecule has 4 heterocycles. The third-order valence-electron chi connectivity index (χ3n) is 8.24. The number of carbonyl (C=O) groups is 1. The summed E-state index contributed by atoms with van der Waals surface area (Å²) in [6.07, 6.45) is 2.58. The summed E-state index contributed by atoms with van der Waals surface area (Å²) in [6, 6.07) is 6.92. The highest BCUT2D eigenvalue weighted by Crippen LogP contribution is 2.46. The summed E-state index contributed by atoms with van der Waals surface area (Å²) in [5, 5.41) is 11.0. The van der Waals surface area contributed by atoms with Crippen LogP contribution in [-0.2, 0) is 14.8 Å². The van der Waals surface area contributed by atoms with Crippen LogP contribution in [0.1, 0.15) is 29.3 Å². The predicted molar refractivity (Wildman–Crippen MR) is 171 cm³/mol. The van der Waals surface area contributed by atoms with Crippen molar-refractivity contribution in [1.29, 1.82) is 5.41 Å². The zero-order valence-corrected chi connectivity index (χ0v) is 26.9. The van der Waals surface area contributed by atoms with E-state index >= 15 is 0 Å². The number of fused-ring (bicyclic) bond motifs is 1. The van der Waals surface area contributed by atoms with Gasteiger partial charge in [0.15, 0.2) is 0 Å². The number of rotatable bonds is 10. The molecule has 3 aliphatic rings. The molecule has 2 aromatic rings. The fourth-order valence-electron chi connectivity index (χ4n) is 6.07. The van der Waals surface area contributed by atoms with E-state index in [1.165, 1.54) is 46.0 Å². The van der Waals surface area contributed by atoms with Crippen LogP contribution < -0.4 is 0 Å². The Hall–Kier alpha value is -3.26. The van der Waals surface area contributed by atoms with E-state index in [0.717, 1.165) is 11.1 Å². The lowest BCUT2D eigenvalue weighted by Crippen LogP contribution is -2.52. The van der Waals surface area contributed by atoms with Gasteiger partial charge in [-0.25, -0.2) is 21.6 Å². The van der Waals surface area contributed by atoms with Crippen molar-refractivity contribution in [3.05, 3.63) is 93.1 Å². The summed E-state index contributed by atoms with van der Waals surface area (Å²) < 4.78 is 65.4. The fraction of sp³-hybridized carbons (Fsp3) is 0.387. The summed E-state index contributed by atoms with van der Waals surface area (Å²) in [6.45, 7) is 5.26. The minimum absolute atomic E-state index is 0.0333. The summed E-state index contributed by atoms with van der Waals surface area (Å²) in [7, 11) is -3.37. The van der Waals surface area contributed by atoms with Gasteiger partial charge in [-0.05, 0) is 42.0 Å². The second-order valence-corrected chi connectivity index (χ2v) is 14.5. The third-order valence-corrected chi connectivity index (χ3v) is 10.7. The number of thiophene rings is 1. The van der Waals surface area contributed by atoms with Gasteiger partial charge in [0.1, 0.15) is 17.7 Å². The topological polar surface area (TPSA) is 97.1 Å². The highest BCUT2D eigenvalue weighted by atomic mass is 35.5. The number of piperazine rings is 1. The first-order valence-electron chi connectivity index (χ1n) is 14.4. The maximum absolute atomic E-state index is 14.1. The van der Waals surface area contributed by atoms with Crippen LogP contribution in [0.3, 0.4) is 0 Å². The van der Waals surface area contributed by atoms with Crippen molar-refractivity contribution in [3.63, 3.8) is 0 Å². The van der Waals surface area contributed by atoms with Gasteiger partial charge >= 0.3 is 0 Å². The smallest absolute Gasteiger partial charge is 0.242 e. The number of hydrogen-bond donors (Lipinski definition) is 1. The van der Waals surface area contributed by atoms with E-state index in [4.69, 9.17) is 22.0 Å². The summed E-state index contributed by atoms with van der Waals surface area (Å²) >= 11 is 7.99. The molecule has 1 N–H and O–H groups in total. The first kappa shape index (κ1) is 33.1. The minimum Gasteiger partial charge on any atom is -0.340 e. The number of alkyl halides is 2. The van der Waals surface area contributed by atoms with Gasteiger partial charge in [0, 0.05) is 61.0 Å². The SMILES string of the molecule is C=CC(C(=O)N1CCN(S(C)(=O)=O)CC1)[C@H]1CC2=C(C(=N)/C=C\CC(F)F)[C@H](c3ccc(F)cc3Cl)N=C(c3cccs3)N2C1. The first-order chi connectivity index (χ1) is 21.4. The minimum atomic E-state index is -3.37. The van der Waals surface area contributed by atoms with Crippen molar-refractivity contribution < 1.29 is 26.4 Å². The Morgan fingerprint density at radius 1 is 1.24 bits per heavy atom. The second kappa shape index (κ2) is 13.6. The number of nitrogens with zero attached hydrogens (tertiary/aromatic N) is 4. The molecule has 0 radical (unpaired) electrons. The predicted octanol–water partition coefficient (Wildman–Crippen LogP) is 5.76. The molecule has 14 heteroatoms.